The highest BCUT2D eigenvalue weighted by Gasteiger charge is 2.26. The van der Waals surface area contributed by atoms with Crippen molar-refractivity contribution in [1.29, 1.82) is 0 Å². The van der Waals surface area contributed by atoms with Gasteiger partial charge in [0.05, 0.1) is 4.90 Å². The highest BCUT2D eigenvalue weighted by molar-refractivity contribution is 9.10. The molecule has 2 aromatic carbocycles. The van der Waals surface area contributed by atoms with E-state index in [-0.39, 0.29) is 0 Å². The van der Waals surface area contributed by atoms with Gasteiger partial charge in [-0.2, -0.15) is 4.31 Å². The SMILES string of the molecule is CCc1cc(Br)ccc1S(=O)(=O)N(CCN(C)C)Cc1ccccc1. The Bertz CT molecular complexity index is 792. The smallest absolute Gasteiger partial charge is 0.243 e. The van der Waals surface area contributed by atoms with Crippen LogP contribution in [0.3, 0.4) is 0 Å². The van der Waals surface area contributed by atoms with Gasteiger partial charge in [-0.15, -0.1) is 0 Å². The molecule has 0 N–H and O–H groups in total. The van der Waals surface area contributed by atoms with Crippen LogP contribution in [-0.4, -0.2) is 44.8 Å². The van der Waals surface area contributed by atoms with E-state index >= 15 is 0 Å². The van der Waals surface area contributed by atoms with Crippen molar-refractivity contribution in [2.45, 2.75) is 24.8 Å². The largest absolute Gasteiger partial charge is 0.308 e. The molecule has 0 heterocycles. The van der Waals surface area contributed by atoms with Crippen LogP contribution in [0, 0.1) is 0 Å². The number of nitrogens with zero attached hydrogens (tertiary/aromatic N) is 2. The molecule has 4 nitrogen and oxygen atoms in total. The van der Waals surface area contributed by atoms with Crippen LogP contribution in [0.15, 0.2) is 57.9 Å². The summed E-state index contributed by atoms with van der Waals surface area (Å²) in [7, 11) is 0.329. The molecule has 0 aliphatic rings. The summed E-state index contributed by atoms with van der Waals surface area (Å²) in [6.07, 6.45) is 0.668. The number of sulfonamides is 1. The van der Waals surface area contributed by atoms with Gasteiger partial charge in [-0.25, -0.2) is 8.42 Å². The zero-order valence-corrected chi connectivity index (χ0v) is 17.3. The maximum Gasteiger partial charge on any atom is 0.243 e. The third-order valence-electron chi connectivity index (χ3n) is 4.02. The molecule has 0 unspecified atom stereocenters. The van der Waals surface area contributed by atoms with Crippen molar-refractivity contribution in [3.8, 4) is 0 Å². The molecule has 2 rings (SSSR count). The summed E-state index contributed by atoms with van der Waals surface area (Å²) in [5.74, 6) is 0. The number of hydrogen-bond acceptors (Lipinski definition) is 3. The van der Waals surface area contributed by atoms with E-state index < -0.39 is 10.0 Å². The number of aryl methyl sites for hydroxylation is 1. The molecule has 0 saturated heterocycles. The van der Waals surface area contributed by atoms with Gasteiger partial charge in [0, 0.05) is 24.1 Å². The summed E-state index contributed by atoms with van der Waals surface area (Å²) < 4.78 is 29.1. The lowest BCUT2D eigenvalue weighted by Crippen LogP contribution is -2.36. The molecule has 0 spiro atoms. The average Bonchev–Trinajstić information content (AvgIpc) is 2.58. The zero-order chi connectivity index (χ0) is 18.4. The third-order valence-corrected chi connectivity index (χ3v) is 6.46. The van der Waals surface area contributed by atoms with Crippen molar-refractivity contribution < 1.29 is 8.42 Å². The van der Waals surface area contributed by atoms with Crippen molar-refractivity contribution in [3.63, 3.8) is 0 Å². The van der Waals surface area contributed by atoms with Gasteiger partial charge in [-0.3, -0.25) is 0 Å². The van der Waals surface area contributed by atoms with Gasteiger partial charge in [-0.05, 0) is 49.8 Å². The van der Waals surface area contributed by atoms with Gasteiger partial charge in [0.2, 0.25) is 10.0 Å². The van der Waals surface area contributed by atoms with E-state index in [1.54, 1.807) is 16.4 Å². The van der Waals surface area contributed by atoms with Crippen LogP contribution in [0.2, 0.25) is 0 Å². The fraction of sp³-hybridized carbons (Fsp3) is 0.368. The Morgan fingerprint density at radius 2 is 1.68 bits per heavy atom. The van der Waals surface area contributed by atoms with E-state index in [0.717, 1.165) is 15.6 Å². The summed E-state index contributed by atoms with van der Waals surface area (Å²) in [6, 6.07) is 15.1. The van der Waals surface area contributed by atoms with Gasteiger partial charge in [0.1, 0.15) is 0 Å². The van der Waals surface area contributed by atoms with Gasteiger partial charge < -0.3 is 4.90 Å². The van der Waals surface area contributed by atoms with Crippen molar-refractivity contribution in [2.75, 3.05) is 27.2 Å². The van der Waals surface area contributed by atoms with E-state index in [4.69, 9.17) is 0 Å². The maximum absolute atomic E-state index is 13.3. The first kappa shape index (κ1) is 20.1. The molecule has 0 aliphatic carbocycles. The maximum atomic E-state index is 13.3. The van der Waals surface area contributed by atoms with E-state index in [0.29, 0.717) is 31.0 Å². The summed E-state index contributed by atoms with van der Waals surface area (Å²) >= 11 is 3.43. The topological polar surface area (TPSA) is 40.6 Å². The summed E-state index contributed by atoms with van der Waals surface area (Å²) in [6.45, 7) is 3.46. The Morgan fingerprint density at radius 3 is 2.28 bits per heavy atom. The second-order valence-corrected chi connectivity index (χ2v) is 9.06. The molecular formula is C19H25BrN2O2S. The summed E-state index contributed by atoms with van der Waals surface area (Å²) in [5.41, 5.74) is 1.82. The Hall–Kier alpha value is -1.21. The van der Waals surface area contributed by atoms with Crippen LogP contribution in [0.25, 0.3) is 0 Å². The molecule has 0 amide bonds. The summed E-state index contributed by atoms with van der Waals surface area (Å²) in [5, 5.41) is 0. The number of halogens is 1. The van der Waals surface area contributed by atoms with E-state index in [1.165, 1.54) is 0 Å². The lowest BCUT2D eigenvalue weighted by molar-refractivity contribution is 0.329. The molecule has 0 saturated carbocycles. The molecule has 0 atom stereocenters. The quantitative estimate of drug-likeness (QED) is 0.647. The molecular weight excluding hydrogens is 400 g/mol. The molecule has 6 heteroatoms. The normalized spacial score (nSPS) is 12.1. The minimum absolute atomic E-state index is 0.371. The Kier molecular flexibility index (Phi) is 7.19. The van der Waals surface area contributed by atoms with Crippen LogP contribution in [0.4, 0.5) is 0 Å². The molecule has 0 fully saturated rings. The minimum Gasteiger partial charge on any atom is -0.308 e. The molecule has 2 aromatic rings. The predicted octanol–water partition coefficient (Wildman–Crippen LogP) is 3.76. The molecule has 25 heavy (non-hydrogen) atoms. The first-order valence-electron chi connectivity index (χ1n) is 8.32. The highest BCUT2D eigenvalue weighted by atomic mass is 79.9. The van der Waals surface area contributed by atoms with Crippen LogP contribution >= 0.6 is 15.9 Å². The van der Waals surface area contributed by atoms with Crippen molar-refractivity contribution in [3.05, 3.63) is 64.1 Å². The first-order chi connectivity index (χ1) is 11.8. The van der Waals surface area contributed by atoms with Crippen molar-refractivity contribution in [2.24, 2.45) is 0 Å². The zero-order valence-electron chi connectivity index (χ0n) is 14.9. The van der Waals surface area contributed by atoms with Crippen LogP contribution in [0.5, 0.6) is 0 Å². The average molecular weight is 425 g/mol. The van der Waals surface area contributed by atoms with Crippen molar-refractivity contribution in [1.82, 2.24) is 9.21 Å². The number of rotatable bonds is 8. The van der Waals surface area contributed by atoms with E-state index in [9.17, 15) is 8.42 Å². The Morgan fingerprint density at radius 1 is 1.00 bits per heavy atom. The molecule has 0 aromatic heterocycles. The van der Waals surface area contributed by atoms with Gasteiger partial charge in [0.15, 0.2) is 0 Å². The number of hydrogen-bond donors (Lipinski definition) is 0. The number of benzene rings is 2. The predicted molar refractivity (Wildman–Crippen MR) is 106 cm³/mol. The summed E-state index contributed by atoms with van der Waals surface area (Å²) in [4.78, 5) is 2.39. The Labute approximate surface area is 159 Å². The van der Waals surface area contributed by atoms with Gasteiger partial charge >= 0.3 is 0 Å². The highest BCUT2D eigenvalue weighted by Crippen LogP contribution is 2.25. The first-order valence-corrected chi connectivity index (χ1v) is 10.5. The minimum atomic E-state index is -3.57. The number of likely N-dealkylation sites (N-methyl/N-ethyl adjacent to an activating group) is 1. The van der Waals surface area contributed by atoms with Crippen LogP contribution < -0.4 is 0 Å². The van der Waals surface area contributed by atoms with Crippen LogP contribution in [-0.2, 0) is 23.0 Å². The molecule has 0 bridgehead atoms. The lowest BCUT2D eigenvalue weighted by Gasteiger charge is -2.25. The standard InChI is InChI=1S/C19H25BrN2O2S/c1-4-17-14-18(20)10-11-19(17)25(23,24)22(13-12-21(2)3)15-16-8-6-5-7-9-16/h5-11,14H,4,12-13,15H2,1-3H3. The van der Waals surface area contributed by atoms with Crippen LogP contribution in [0.1, 0.15) is 18.1 Å². The second-order valence-electron chi connectivity index (χ2n) is 6.23. The fourth-order valence-electron chi connectivity index (χ4n) is 2.60. The third kappa shape index (κ3) is 5.38. The molecule has 0 radical (unpaired) electrons. The van der Waals surface area contributed by atoms with Gasteiger partial charge in [0.25, 0.3) is 0 Å². The molecule has 0 aliphatic heterocycles. The monoisotopic (exact) mass is 424 g/mol. The Balaban J connectivity index is 2.40. The van der Waals surface area contributed by atoms with Crippen molar-refractivity contribution >= 4 is 26.0 Å². The van der Waals surface area contributed by atoms with Gasteiger partial charge in [-0.1, -0.05) is 53.2 Å². The lowest BCUT2D eigenvalue weighted by atomic mass is 10.2. The molecule has 136 valence electrons. The second kappa shape index (κ2) is 8.94. The fourth-order valence-corrected chi connectivity index (χ4v) is 4.70. The van der Waals surface area contributed by atoms with E-state index in [1.807, 2.05) is 62.3 Å². The van der Waals surface area contributed by atoms with E-state index in [2.05, 4.69) is 15.9 Å².